The van der Waals surface area contributed by atoms with Crippen LogP contribution >= 0.6 is 0 Å². The first-order valence-electron chi connectivity index (χ1n) is 4.27. The molecule has 0 aliphatic carbocycles. The Bertz CT molecular complexity index is 296. The zero-order chi connectivity index (χ0) is 8.55. The third-order valence-corrected chi connectivity index (χ3v) is 2.49. The van der Waals surface area contributed by atoms with Crippen molar-refractivity contribution >= 4 is 5.69 Å². The van der Waals surface area contributed by atoms with Crippen LogP contribution in [0, 0.1) is 6.92 Å². The van der Waals surface area contributed by atoms with Gasteiger partial charge in [-0.3, -0.25) is 0 Å². The van der Waals surface area contributed by atoms with Gasteiger partial charge in [0.25, 0.3) is 0 Å². The molecule has 0 saturated heterocycles. The molecule has 0 saturated carbocycles. The Hall–Kier alpha value is -1.02. The number of benzene rings is 1. The number of fused-ring (bicyclic) bond motifs is 1. The summed E-state index contributed by atoms with van der Waals surface area (Å²) >= 11 is 0. The molecule has 2 N–H and O–H groups in total. The number of aryl methyl sites for hydroxylation is 1. The van der Waals surface area contributed by atoms with Crippen LogP contribution in [-0.2, 0) is 0 Å². The lowest BCUT2D eigenvalue weighted by atomic mass is 9.97. The second-order valence-corrected chi connectivity index (χ2v) is 3.30. The van der Waals surface area contributed by atoms with Gasteiger partial charge in [0.2, 0.25) is 0 Å². The molecule has 12 heavy (non-hydrogen) atoms. The Morgan fingerprint density at radius 2 is 2.42 bits per heavy atom. The van der Waals surface area contributed by atoms with Crippen molar-refractivity contribution in [1.82, 2.24) is 0 Å². The van der Waals surface area contributed by atoms with Crippen LogP contribution in [0.3, 0.4) is 0 Å². The van der Waals surface area contributed by atoms with E-state index >= 15 is 0 Å². The highest BCUT2D eigenvalue weighted by Crippen LogP contribution is 2.33. The molecule has 1 aliphatic heterocycles. The monoisotopic (exact) mass is 163 g/mol. The molecule has 0 radical (unpaired) electrons. The van der Waals surface area contributed by atoms with Gasteiger partial charge in [-0.05, 0) is 24.1 Å². The van der Waals surface area contributed by atoms with E-state index in [9.17, 15) is 0 Å². The molecule has 1 atom stereocenters. The first-order valence-corrected chi connectivity index (χ1v) is 4.27. The largest absolute Gasteiger partial charge is 0.396 e. The lowest BCUT2D eigenvalue weighted by Gasteiger charge is -2.08. The van der Waals surface area contributed by atoms with Crippen molar-refractivity contribution in [3.05, 3.63) is 29.3 Å². The number of nitrogens with one attached hydrogen (secondary N) is 1. The van der Waals surface area contributed by atoms with Crippen LogP contribution in [0.1, 0.15) is 17.0 Å². The van der Waals surface area contributed by atoms with Gasteiger partial charge in [-0.1, -0.05) is 12.1 Å². The van der Waals surface area contributed by atoms with E-state index in [1.165, 1.54) is 16.8 Å². The van der Waals surface area contributed by atoms with E-state index in [2.05, 4.69) is 24.4 Å². The van der Waals surface area contributed by atoms with Gasteiger partial charge in [0, 0.05) is 18.2 Å². The van der Waals surface area contributed by atoms with Gasteiger partial charge < -0.3 is 10.4 Å². The predicted octanol–water partition coefficient (Wildman–Crippen LogP) is 1.50. The molecule has 1 aromatic carbocycles. The smallest absolute Gasteiger partial charge is 0.0517 e. The van der Waals surface area contributed by atoms with E-state index in [4.69, 9.17) is 5.11 Å². The van der Waals surface area contributed by atoms with E-state index in [1.807, 2.05) is 6.07 Å². The summed E-state index contributed by atoms with van der Waals surface area (Å²) in [5.74, 6) is 0.293. The Kier molecular flexibility index (Phi) is 1.77. The SMILES string of the molecule is Cc1cccc2c1C(CO)CN2. The summed E-state index contributed by atoms with van der Waals surface area (Å²) in [5.41, 5.74) is 3.76. The van der Waals surface area contributed by atoms with E-state index in [0.29, 0.717) is 5.92 Å². The highest BCUT2D eigenvalue weighted by molar-refractivity contribution is 5.60. The van der Waals surface area contributed by atoms with Crippen LogP contribution in [-0.4, -0.2) is 18.3 Å². The van der Waals surface area contributed by atoms with Crippen molar-refractivity contribution in [3.63, 3.8) is 0 Å². The molecule has 2 rings (SSSR count). The quantitative estimate of drug-likeness (QED) is 0.657. The third-order valence-electron chi connectivity index (χ3n) is 2.49. The number of aliphatic hydroxyl groups is 1. The Balaban J connectivity index is 2.48. The lowest BCUT2D eigenvalue weighted by molar-refractivity contribution is 0.273. The van der Waals surface area contributed by atoms with E-state index < -0.39 is 0 Å². The van der Waals surface area contributed by atoms with Gasteiger partial charge in [0.15, 0.2) is 0 Å². The molecule has 1 unspecified atom stereocenters. The number of aliphatic hydroxyl groups excluding tert-OH is 1. The zero-order valence-corrected chi connectivity index (χ0v) is 7.17. The van der Waals surface area contributed by atoms with Gasteiger partial charge in [-0.2, -0.15) is 0 Å². The van der Waals surface area contributed by atoms with Crippen LogP contribution in [0.15, 0.2) is 18.2 Å². The fourth-order valence-electron chi connectivity index (χ4n) is 1.87. The van der Waals surface area contributed by atoms with Crippen LogP contribution in [0.5, 0.6) is 0 Å². The van der Waals surface area contributed by atoms with E-state index in [1.54, 1.807) is 0 Å². The van der Waals surface area contributed by atoms with Gasteiger partial charge in [0.1, 0.15) is 0 Å². The second-order valence-electron chi connectivity index (χ2n) is 3.30. The summed E-state index contributed by atoms with van der Waals surface area (Å²) in [5, 5.41) is 12.4. The Labute approximate surface area is 72.2 Å². The average molecular weight is 163 g/mol. The Morgan fingerprint density at radius 3 is 3.17 bits per heavy atom. The number of hydrogen-bond acceptors (Lipinski definition) is 2. The fourth-order valence-corrected chi connectivity index (χ4v) is 1.87. The summed E-state index contributed by atoms with van der Waals surface area (Å²) in [7, 11) is 0. The van der Waals surface area contributed by atoms with Crippen molar-refractivity contribution < 1.29 is 5.11 Å². The fraction of sp³-hybridized carbons (Fsp3) is 0.400. The molecule has 0 spiro atoms. The summed E-state index contributed by atoms with van der Waals surface area (Å²) in [6.07, 6.45) is 0. The minimum Gasteiger partial charge on any atom is -0.396 e. The summed E-state index contributed by atoms with van der Waals surface area (Å²) in [4.78, 5) is 0. The summed E-state index contributed by atoms with van der Waals surface area (Å²) in [6, 6.07) is 6.20. The van der Waals surface area contributed by atoms with Crippen molar-refractivity contribution in [1.29, 1.82) is 0 Å². The van der Waals surface area contributed by atoms with Crippen molar-refractivity contribution in [3.8, 4) is 0 Å². The maximum atomic E-state index is 9.10. The lowest BCUT2D eigenvalue weighted by Crippen LogP contribution is -2.06. The topological polar surface area (TPSA) is 32.3 Å². The highest BCUT2D eigenvalue weighted by Gasteiger charge is 2.22. The highest BCUT2D eigenvalue weighted by atomic mass is 16.3. The van der Waals surface area contributed by atoms with Gasteiger partial charge in [0.05, 0.1) is 6.61 Å². The molecule has 0 fully saturated rings. The molecule has 1 aromatic rings. The maximum Gasteiger partial charge on any atom is 0.0517 e. The van der Waals surface area contributed by atoms with Crippen molar-refractivity contribution in [2.45, 2.75) is 12.8 Å². The molecule has 0 bridgehead atoms. The first-order chi connectivity index (χ1) is 5.83. The molecule has 0 amide bonds. The average Bonchev–Trinajstić information content (AvgIpc) is 2.49. The van der Waals surface area contributed by atoms with Crippen molar-refractivity contribution in [2.75, 3.05) is 18.5 Å². The van der Waals surface area contributed by atoms with Gasteiger partial charge in [-0.25, -0.2) is 0 Å². The third kappa shape index (κ3) is 0.994. The normalized spacial score (nSPS) is 20.3. The zero-order valence-electron chi connectivity index (χ0n) is 7.17. The second kappa shape index (κ2) is 2.79. The number of anilines is 1. The molecule has 1 aliphatic rings. The standard InChI is InChI=1S/C10H13NO/c1-7-3-2-4-9-10(7)8(6-12)5-11-9/h2-4,8,11-12H,5-6H2,1H3. The van der Waals surface area contributed by atoms with E-state index in [-0.39, 0.29) is 6.61 Å². The molecule has 1 heterocycles. The molecular formula is C10H13NO. The predicted molar refractivity (Wildman–Crippen MR) is 49.5 cm³/mol. The van der Waals surface area contributed by atoms with Gasteiger partial charge in [-0.15, -0.1) is 0 Å². The number of rotatable bonds is 1. The molecule has 2 heteroatoms. The van der Waals surface area contributed by atoms with Crippen LogP contribution in [0.4, 0.5) is 5.69 Å². The maximum absolute atomic E-state index is 9.10. The molecular weight excluding hydrogens is 150 g/mol. The Morgan fingerprint density at radius 1 is 1.58 bits per heavy atom. The van der Waals surface area contributed by atoms with E-state index in [0.717, 1.165) is 6.54 Å². The summed E-state index contributed by atoms with van der Waals surface area (Å²) in [6.45, 7) is 3.20. The van der Waals surface area contributed by atoms with Crippen molar-refractivity contribution in [2.24, 2.45) is 0 Å². The minimum absolute atomic E-state index is 0.241. The molecule has 64 valence electrons. The minimum atomic E-state index is 0.241. The summed E-state index contributed by atoms with van der Waals surface area (Å²) < 4.78 is 0. The van der Waals surface area contributed by atoms with Crippen LogP contribution in [0.2, 0.25) is 0 Å². The molecule has 0 aromatic heterocycles. The van der Waals surface area contributed by atoms with Gasteiger partial charge >= 0.3 is 0 Å². The first kappa shape index (κ1) is 7.62. The van der Waals surface area contributed by atoms with Crippen LogP contribution < -0.4 is 5.32 Å². The molecule has 2 nitrogen and oxygen atoms in total. The number of hydrogen-bond donors (Lipinski definition) is 2. The van der Waals surface area contributed by atoms with Crippen LogP contribution in [0.25, 0.3) is 0 Å².